The van der Waals surface area contributed by atoms with Crippen LogP contribution >= 0.6 is 0 Å². The highest BCUT2D eigenvalue weighted by Crippen LogP contribution is 2.27. The zero-order valence-corrected chi connectivity index (χ0v) is 14.4. The first-order valence-electron chi connectivity index (χ1n) is 8.64. The molecular formula is C20H22FN3O2. The fourth-order valence-electron chi connectivity index (χ4n) is 3.23. The summed E-state index contributed by atoms with van der Waals surface area (Å²) in [5.74, 6) is -1.49. The van der Waals surface area contributed by atoms with Crippen LogP contribution in [-0.2, 0) is 22.6 Å². The summed E-state index contributed by atoms with van der Waals surface area (Å²) < 4.78 is 13.0. The number of carbonyl (C=O) groups is 2. The van der Waals surface area contributed by atoms with Crippen molar-refractivity contribution in [3.8, 4) is 0 Å². The number of carbonyl (C=O) groups excluding carboxylic acids is 2. The van der Waals surface area contributed by atoms with Crippen LogP contribution in [0.4, 0.5) is 4.39 Å². The molecule has 0 saturated carbocycles. The predicted octanol–water partition coefficient (Wildman–Crippen LogP) is 1.82. The number of rotatable bonds is 7. The zero-order chi connectivity index (χ0) is 18.5. The molecule has 2 atom stereocenters. The minimum Gasteiger partial charge on any atom is -0.369 e. The van der Waals surface area contributed by atoms with E-state index in [9.17, 15) is 14.0 Å². The Labute approximate surface area is 151 Å². The highest BCUT2D eigenvalue weighted by molar-refractivity contribution is 5.80. The van der Waals surface area contributed by atoms with E-state index >= 15 is 0 Å². The van der Waals surface area contributed by atoms with Gasteiger partial charge in [0, 0.05) is 25.6 Å². The van der Waals surface area contributed by atoms with Gasteiger partial charge in [0.05, 0.1) is 5.92 Å². The minimum atomic E-state index is -0.534. The highest BCUT2D eigenvalue weighted by Gasteiger charge is 2.24. The lowest BCUT2D eigenvalue weighted by molar-refractivity contribution is -0.123. The van der Waals surface area contributed by atoms with Gasteiger partial charge in [-0.05, 0) is 35.2 Å². The third kappa shape index (κ3) is 4.46. The lowest BCUT2D eigenvalue weighted by Crippen LogP contribution is -2.38. The molecule has 5 nitrogen and oxygen atoms in total. The van der Waals surface area contributed by atoms with Crippen LogP contribution in [0.15, 0.2) is 48.5 Å². The van der Waals surface area contributed by atoms with Gasteiger partial charge in [0.25, 0.3) is 0 Å². The Morgan fingerprint density at radius 2 is 1.92 bits per heavy atom. The summed E-state index contributed by atoms with van der Waals surface area (Å²) >= 11 is 0. The van der Waals surface area contributed by atoms with E-state index in [4.69, 9.17) is 5.73 Å². The van der Waals surface area contributed by atoms with Gasteiger partial charge in [0.2, 0.25) is 11.8 Å². The second-order valence-electron chi connectivity index (χ2n) is 6.57. The van der Waals surface area contributed by atoms with Gasteiger partial charge in [-0.15, -0.1) is 0 Å². The SMILES string of the molecule is NC(=O)C(CNC(=O)CC1NCc2ccccc21)Cc1ccc(F)cc1. The van der Waals surface area contributed by atoms with Crippen molar-refractivity contribution in [3.63, 3.8) is 0 Å². The fraction of sp³-hybridized carbons (Fsp3) is 0.300. The molecule has 1 aliphatic rings. The number of amides is 2. The standard InChI is InChI=1S/C20H22FN3O2/c21-16-7-5-13(6-8-16)9-15(20(22)26)12-24-19(25)10-18-17-4-2-1-3-14(17)11-23-18/h1-8,15,18,23H,9-12H2,(H2,22,26)(H,24,25). The van der Waals surface area contributed by atoms with E-state index < -0.39 is 11.8 Å². The maximum Gasteiger partial charge on any atom is 0.222 e. The number of hydrogen-bond donors (Lipinski definition) is 3. The van der Waals surface area contributed by atoms with Gasteiger partial charge < -0.3 is 16.4 Å². The van der Waals surface area contributed by atoms with Crippen LogP contribution in [0.3, 0.4) is 0 Å². The summed E-state index contributed by atoms with van der Waals surface area (Å²) in [7, 11) is 0. The number of primary amides is 1. The van der Waals surface area contributed by atoms with Crippen molar-refractivity contribution in [2.24, 2.45) is 11.7 Å². The van der Waals surface area contributed by atoms with E-state index in [1.807, 2.05) is 24.3 Å². The van der Waals surface area contributed by atoms with E-state index in [-0.39, 0.29) is 24.3 Å². The first kappa shape index (κ1) is 18.1. The van der Waals surface area contributed by atoms with Crippen LogP contribution in [0, 0.1) is 11.7 Å². The molecule has 1 aliphatic heterocycles. The van der Waals surface area contributed by atoms with Gasteiger partial charge in [-0.1, -0.05) is 36.4 Å². The molecule has 2 aromatic carbocycles. The van der Waals surface area contributed by atoms with Gasteiger partial charge in [0.1, 0.15) is 5.82 Å². The first-order chi connectivity index (χ1) is 12.5. The van der Waals surface area contributed by atoms with E-state index in [0.29, 0.717) is 12.8 Å². The van der Waals surface area contributed by atoms with Gasteiger partial charge in [-0.3, -0.25) is 9.59 Å². The topological polar surface area (TPSA) is 84.2 Å². The molecule has 0 saturated heterocycles. The molecule has 0 bridgehead atoms. The molecule has 3 rings (SSSR count). The average molecular weight is 355 g/mol. The van der Waals surface area contributed by atoms with Crippen LogP contribution in [0.2, 0.25) is 0 Å². The third-order valence-electron chi connectivity index (χ3n) is 4.70. The Morgan fingerprint density at radius 1 is 1.19 bits per heavy atom. The maximum atomic E-state index is 13.0. The van der Waals surface area contributed by atoms with Crippen LogP contribution in [-0.4, -0.2) is 18.4 Å². The third-order valence-corrected chi connectivity index (χ3v) is 4.70. The number of fused-ring (bicyclic) bond motifs is 1. The van der Waals surface area contributed by atoms with Crippen molar-refractivity contribution in [2.75, 3.05) is 6.54 Å². The van der Waals surface area contributed by atoms with Crippen LogP contribution in [0.1, 0.15) is 29.2 Å². The summed E-state index contributed by atoms with van der Waals surface area (Å²) in [4.78, 5) is 24.0. The van der Waals surface area contributed by atoms with Crippen LogP contribution in [0.5, 0.6) is 0 Å². The van der Waals surface area contributed by atoms with Crippen molar-refractivity contribution < 1.29 is 14.0 Å². The molecule has 0 spiro atoms. The van der Waals surface area contributed by atoms with Gasteiger partial charge in [-0.25, -0.2) is 4.39 Å². The number of hydrogen-bond acceptors (Lipinski definition) is 3. The van der Waals surface area contributed by atoms with Crippen molar-refractivity contribution in [1.82, 2.24) is 10.6 Å². The minimum absolute atomic E-state index is 0.0182. The Hall–Kier alpha value is -2.73. The van der Waals surface area contributed by atoms with Crippen molar-refractivity contribution >= 4 is 11.8 Å². The maximum absolute atomic E-state index is 13.0. The summed E-state index contributed by atoms with van der Waals surface area (Å²) in [5, 5.41) is 6.12. The Kier molecular flexibility index (Phi) is 5.63. The summed E-state index contributed by atoms with van der Waals surface area (Å²) in [6, 6.07) is 13.9. The van der Waals surface area contributed by atoms with E-state index in [1.165, 1.54) is 17.7 Å². The highest BCUT2D eigenvalue weighted by atomic mass is 19.1. The molecule has 0 fully saturated rings. The molecule has 1 heterocycles. The van der Waals surface area contributed by atoms with Gasteiger partial charge in [-0.2, -0.15) is 0 Å². The Bertz CT molecular complexity index is 792. The second kappa shape index (κ2) is 8.10. The zero-order valence-electron chi connectivity index (χ0n) is 14.4. The summed E-state index contributed by atoms with van der Waals surface area (Å²) in [6.45, 7) is 0.919. The average Bonchev–Trinajstić information content (AvgIpc) is 3.03. The lowest BCUT2D eigenvalue weighted by atomic mass is 9.98. The lowest BCUT2D eigenvalue weighted by Gasteiger charge is -2.16. The van der Waals surface area contributed by atoms with Gasteiger partial charge >= 0.3 is 0 Å². The molecule has 4 N–H and O–H groups in total. The number of halogens is 1. The van der Waals surface area contributed by atoms with Crippen molar-refractivity contribution in [2.45, 2.75) is 25.4 Å². The quantitative estimate of drug-likeness (QED) is 0.708. The smallest absolute Gasteiger partial charge is 0.222 e. The monoisotopic (exact) mass is 355 g/mol. The molecule has 0 radical (unpaired) electrons. The predicted molar refractivity (Wildman–Crippen MR) is 96.4 cm³/mol. The molecule has 6 heteroatoms. The molecule has 2 aromatic rings. The molecular weight excluding hydrogens is 333 g/mol. The number of nitrogens with one attached hydrogen (secondary N) is 2. The normalized spacial score (nSPS) is 16.7. The number of benzene rings is 2. The Balaban J connectivity index is 1.53. The molecule has 26 heavy (non-hydrogen) atoms. The molecule has 0 aliphatic carbocycles. The molecule has 2 unspecified atom stereocenters. The van der Waals surface area contributed by atoms with Crippen LogP contribution < -0.4 is 16.4 Å². The number of nitrogens with two attached hydrogens (primary N) is 1. The Morgan fingerprint density at radius 3 is 2.65 bits per heavy atom. The fourth-order valence-corrected chi connectivity index (χ4v) is 3.23. The largest absolute Gasteiger partial charge is 0.369 e. The van der Waals surface area contributed by atoms with E-state index in [0.717, 1.165) is 17.7 Å². The van der Waals surface area contributed by atoms with E-state index in [1.54, 1.807) is 12.1 Å². The molecule has 2 amide bonds. The first-order valence-corrected chi connectivity index (χ1v) is 8.64. The second-order valence-corrected chi connectivity index (χ2v) is 6.57. The van der Waals surface area contributed by atoms with Crippen LogP contribution in [0.25, 0.3) is 0 Å². The van der Waals surface area contributed by atoms with E-state index in [2.05, 4.69) is 10.6 Å². The summed E-state index contributed by atoms with van der Waals surface area (Å²) in [6.07, 6.45) is 0.666. The molecule has 0 aromatic heterocycles. The van der Waals surface area contributed by atoms with Crippen molar-refractivity contribution in [3.05, 3.63) is 71.0 Å². The summed E-state index contributed by atoms with van der Waals surface area (Å²) in [5.41, 5.74) is 8.60. The molecule has 136 valence electrons. The van der Waals surface area contributed by atoms with Gasteiger partial charge in [0.15, 0.2) is 0 Å². The van der Waals surface area contributed by atoms with Crippen molar-refractivity contribution in [1.29, 1.82) is 0 Å².